The maximum absolute atomic E-state index is 6.30. The van der Waals surface area contributed by atoms with Crippen molar-refractivity contribution in [1.29, 1.82) is 0 Å². The van der Waals surface area contributed by atoms with E-state index in [2.05, 4.69) is 146 Å². The first kappa shape index (κ1) is 23.5. The minimum absolute atomic E-state index is 0.910. The summed E-state index contributed by atoms with van der Waals surface area (Å²) in [5, 5.41) is 5.08. The van der Waals surface area contributed by atoms with Crippen LogP contribution in [0.1, 0.15) is 0 Å². The SMILES string of the molecule is c1cc2c3c(cccc3c1)-c1cc(-c3ccc(-c4ccc(-c5cccc6sc7ccccc7c56)cc4)cc3)ccc1O2. The van der Waals surface area contributed by atoms with Crippen molar-refractivity contribution in [2.75, 3.05) is 0 Å². The Bertz CT molecular complexity index is 2300. The van der Waals surface area contributed by atoms with E-state index in [-0.39, 0.29) is 0 Å². The van der Waals surface area contributed by atoms with Gasteiger partial charge in [-0.05, 0) is 74.7 Å². The van der Waals surface area contributed by atoms with Crippen LogP contribution in [0.2, 0.25) is 0 Å². The zero-order chi connectivity index (χ0) is 27.6. The van der Waals surface area contributed by atoms with Gasteiger partial charge in [0, 0.05) is 31.1 Å². The van der Waals surface area contributed by atoms with Gasteiger partial charge in [0.05, 0.1) is 0 Å². The molecule has 0 N–H and O–H groups in total. The average Bonchev–Trinajstić information content (AvgIpc) is 3.44. The Morgan fingerprint density at radius 1 is 0.381 bits per heavy atom. The normalized spacial score (nSPS) is 12.0. The van der Waals surface area contributed by atoms with Gasteiger partial charge in [-0.25, -0.2) is 0 Å². The average molecular weight is 553 g/mol. The van der Waals surface area contributed by atoms with Gasteiger partial charge in [-0.15, -0.1) is 11.3 Å². The van der Waals surface area contributed by atoms with Crippen LogP contribution in [0.3, 0.4) is 0 Å². The molecule has 196 valence electrons. The van der Waals surface area contributed by atoms with E-state index in [1.165, 1.54) is 69.9 Å². The van der Waals surface area contributed by atoms with Crippen LogP contribution < -0.4 is 4.74 Å². The lowest BCUT2D eigenvalue weighted by atomic mass is 9.92. The number of ether oxygens (including phenoxy) is 1. The molecule has 0 aliphatic carbocycles. The van der Waals surface area contributed by atoms with E-state index in [4.69, 9.17) is 4.74 Å². The number of hydrogen-bond acceptors (Lipinski definition) is 2. The minimum atomic E-state index is 0.910. The van der Waals surface area contributed by atoms with Gasteiger partial charge in [0.1, 0.15) is 11.5 Å². The molecule has 1 aliphatic heterocycles. The van der Waals surface area contributed by atoms with Gasteiger partial charge >= 0.3 is 0 Å². The van der Waals surface area contributed by atoms with Gasteiger partial charge in [-0.2, -0.15) is 0 Å². The third-order valence-electron chi connectivity index (χ3n) is 8.51. The second-order valence-corrected chi connectivity index (χ2v) is 12.0. The molecule has 0 fully saturated rings. The summed E-state index contributed by atoms with van der Waals surface area (Å²) in [6.45, 7) is 0. The van der Waals surface area contributed by atoms with E-state index in [0.29, 0.717) is 0 Å². The summed E-state index contributed by atoms with van der Waals surface area (Å²) in [6, 6.07) is 52.5. The maximum atomic E-state index is 6.30. The summed E-state index contributed by atoms with van der Waals surface area (Å²) in [7, 11) is 0. The van der Waals surface area contributed by atoms with E-state index >= 15 is 0 Å². The van der Waals surface area contributed by atoms with Crippen molar-refractivity contribution in [1.82, 2.24) is 0 Å². The molecule has 42 heavy (non-hydrogen) atoms. The van der Waals surface area contributed by atoms with Gasteiger partial charge in [-0.3, -0.25) is 0 Å². The molecule has 0 spiro atoms. The van der Waals surface area contributed by atoms with Crippen molar-refractivity contribution in [2.24, 2.45) is 0 Å². The molecule has 0 atom stereocenters. The highest BCUT2D eigenvalue weighted by Gasteiger charge is 2.20. The van der Waals surface area contributed by atoms with Gasteiger partial charge in [0.25, 0.3) is 0 Å². The summed E-state index contributed by atoms with van der Waals surface area (Å²) in [5.74, 6) is 1.84. The highest BCUT2D eigenvalue weighted by Crippen LogP contribution is 2.47. The first-order valence-electron chi connectivity index (χ1n) is 14.3. The van der Waals surface area contributed by atoms with Crippen LogP contribution in [-0.4, -0.2) is 0 Å². The highest BCUT2D eigenvalue weighted by atomic mass is 32.1. The summed E-state index contributed by atoms with van der Waals surface area (Å²) in [5.41, 5.74) is 9.73. The molecular formula is C40H24OS. The molecule has 1 aromatic heterocycles. The molecule has 0 saturated heterocycles. The Hall–Kier alpha value is -5.18. The molecule has 0 bridgehead atoms. The molecule has 7 aromatic carbocycles. The smallest absolute Gasteiger partial charge is 0.135 e. The van der Waals surface area contributed by atoms with Crippen molar-refractivity contribution < 1.29 is 4.74 Å². The summed E-state index contributed by atoms with van der Waals surface area (Å²) < 4.78 is 8.97. The van der Waals surface area contributed by atoms with Crippen molar-refractivity contribution in [3.63, 3.8) is 0 Å². The zero-order valence-corrected chi connectivity index (χ0v) is 23.5. The Labute approximate surface area is 247 Å². The van der Waals surface area contributed by atoms with Gasteiger partial charge < -0.3 is 4.74 Å². The Balaban J connectivity index is 1.04. The molecule has 0 saturated carbocycles. The van der Waals surface area contributed by atoms with Crippen molar-refractivity contribution in [2.45, 2.75) is 0 Å². The fraction of sp³-hybridized carbons (Fsp3) is 0. The first-order valence-corrected chi connectivity index (χ1v) is 15.1. The molecule has 1 aliphatic rings. The van der Waals surface area contributed by atoms with Crippen molar-refractivity contribution >= 4 is 42.3 Å². The summed E-state index contributed by atoms with van der Waals surface area (Å²) in [4.78, 5) is 0. The third-order valence-corrected chi connectivity index (χ3v) is 9.64. The molecule has 2 heteroatoms. The molecule has 9 rings (SSSR count). The largest absolute Gasteiger partial charge is 0.456 e. The Kier molecular flexibility index (Phi) is 5.13. The van der Waals surface area contributed by atoms with E-state index < -0.39 is 0 Å². The van der Waals surface area contributed by atoms with Crippen molar-refractivity contribution in [3.05, 3.63) is 146 Å². The summed E-state index contributed by atoms with van der Waals surface area (Å²) >= 11 is 1.87. The molecule has 8 aromatic rings. The number of hydrogen-bond donors (Lipinski definition) is 0. The van der Waals surface area contributed by atoms with E-state index in [1.54, 1.807) is 0 Å². The van der Waals surface area contributed by atoms with E-state index in [9.17, 15) is 0 Å². The third kappa shape index (κ3) is 3.62. The van der Waals surface area contributed by atoms with Crippen LogP contribution in [0.25, 0.3) is 75.5 Å². The zero-order valence-electron chi connectivity index (χ0n) is 22.7. The standard InChI is InChI=1S/C40H24OS/c1-2-12-37-33(8-1)40-31(9-5-13-38(40)42-37)28-20-18-26(19-21-28)25-14-16-27(17-15-25)30-22-23-35-34(24-30)32-10-3-6-29-7-4-11-36(41-35)39(29)32/h1-24H. The van der Waals surface area contributed by atoms with Crippen LogP contribution in [0, 0.1) is 0 Å². The predicted molar refractivity (Wildman–Crippen MR) is 179 cm³/mol. The van der Waals surface area contributed by atoms with Gasteiger partial charge in [0.2, 0.25) is 0 Å². The van der Waals surface area contributed by atoms with Crippen LogP contribution in [0.5, 0.6) is 11.5 Å². The lowest BCUT2D eigenvalue weighted by molar-refractivity contribution is 0.487. The number of fused-ring (bicyclic) bond motifs is 5. The monoisotopic (exact) mass is 552 g/mol. The predicted octanol–water partition coefficient (Wildman–Crippen LogP) is 12.0. The van der Waals surface area contributed by atoms with Crippen molar-refractivity contribution in [3.8, 4) is 56.0 Å². The second kappa shape index (κ2) is 9.17. The lowest BCUT2D eigenvalue weighted by Gasteiger charge is -2.22. The molecule has 2 heterocycles. The fourth-order valence-corrected chi connectivity index (χ4v) is 7.59. The van der Waals surface area contributed by atoms with Crippen LogP contribution in [0.4, 0.5) is 0 Å². The van der Waals surface area contributed by atoms with Crippen LogP contribution >= 0.6 is 11.3 Å². The second-order valence-electron chi connectivity index (χ2n) is 10.9. The fourth-order valence-electron chi connectivity index (χ4n) is 6.46. The van der Waals surface area contributed by atoms with E-state index in [1.807, 2.05) is 11.3 Å². The number of benzene rings is 7. The number of rotatable bonds is 3. The molecule has 0 amide bonds. The molecular weight excluding hydrogens is 529 g/mol. The maximum Gasteiger partial charge on any atom is 0.135 e. The van der Waals surface area contributed by atoms with E-state index in [0.717, 1.165) is 17.1 Å². The number of thiophene rings is 1. The Morgan fingerprint density at radius 2 is 1.00 bits per heavy atom. The topological polar surface area (TPSA) is 9.23 Å². The van der Waals surface area contributed by atoms with Crippen LogP contribution in [0.15, 0.2) is 146 Å². The van der Waals surface area contributed by atoms with Gasteiger partial charge in [0.15, 0.2) is 0 Å². The van der Waals surface area contributed by atoms with Crippen LogP contribution in [-0.2, 0) is 0 Å². The minimum Gasteiger partial charge on any atom is -0.456 e. The molecule has 0 radical (unpaired) electrons. The van der Waals surface area contributed by atoms with Gasteiger partial charge in [-0.1, -0.05) is 115 Å². The molecule has 1 nitrogen and oxygen atoms in total. The molecule has 0 unspecified atom stereocenters. The first-order chi connectivity index (χ1) is 20.8. The summed E-state index contributed by atoms with van der Waals surface area (Å²) in [6.07, 6.45) is 0. The Morgan fingerprint density at radius 3 is 1.81 bits per heavy atom. The highest BCUT2D eigenvalue weighted by molar-refractivity contribution is 7.25. The quantitative estimate of drug-likeness (QED) is 0.212. The lowest BCUT2D eigenvalue weighted by Crippen LogP contribution is -1.97.